The van der Waals surface area contributed by atoms with Gasteiger partial charge in [-0.05, 0) is 38.0 Å². The molecule has 0 amide bonds. The van der Waals surface area contributed by atoms with Crippen LogP contribution in [0.3, 0.4) is 0 Å². The maximum Gasteiger partial charge on any atom is 0.258 e. The van der Waals surface area contributed by atoms with E-state index in [1.165, 1.54) is 5.56 Å². The average molecular weight is 393 g/mol. The summed E-state index contributed by atoms with van der Waals surface area (Å²) in [6, 6.07) is 13.6. The zero-order valence-electron chi connectivity index (χ0n) is 17.0. The Morgan fingerprint density at radius 3 is 2.90 bits per heavy atom. The number of ether oxygens (including phenoxy) is 2. The van der Waals surface area contributed by atoms with Gasteiger partial charge in [-0.3, -0.25) is 9.69 Å². The second kappa shape index (κ2) is 8.76. The van der Waals surface area contributed by atoms with Gasteiger partial charge in [-0.1, -0.05) is 29.8 Å². The molecule has 2 aromatic carbocycles. The molecule has 0 spiro atoms. The number of nitrogens with zero attached hydrogens (tertiary/aromatic N) is 2. The lowest BCUT2D eigenvalue weighted by atomic mass is 10.1. The van der Waals surface area contributed by atoms with E-state index in [0.717, 1.165) is 42.8 Å². The molecule has 0 bridgehead atoms. The first-order valence-corrected chi connectivity index (χ1v) is 10.1. The van der Waals surface area contributed by atoms with Crippen molar-refractivity contribution in [2.75, 3.05) is 20.3 Å². The van der Waals surface area contributed by atoms with E-state index >= 15 is 0 Å². The van der Waals surface area contributed by atoms with Crippen LogP contribution >= 0.6 is 0 Å². The maximum absolute atomic E-state index is 12.5. The molecule has 1 fully saturated rings. The standard InChI is InChI=1S/C23H27N3O3/c1-16-9-10-21(28-2)17(12-16)13-26(14-18-6-5-11-29-18)15-22-24-20-8-4-3-7-19(20)23(27)25-22/h3-4,7-10,12,18H,5-6,11,13-15H2,1-2H3,(H,24,25,27)/t18-/m1/s1. The summed E-state index contributed by atoms with van der Waals surface area (Å²) >= 11 is 0. The predicted molar refractivity (Wildman–Crippen MR) is 113 cm³/mol. The fraction of sp³-hybridized carbons (Fsp3) is 0.391. The number of para-hydroxylation sites is 1. The monoisotopic (exact) mass is 393 g/mol. The van der Waals surface area contributed by atoms with E-state index in [0.29, 0.717) is 24.3 Å². The number of fused-ring (bicyclic) bond motifs is 1. The zero-order chi connectivity index (χ0) is 20.2. The first-order chi connectivity index (χ1) is 14.1. The van der Waals surface area contributed by atoms with Crippen molar-refractivity contribution in [1.29, 1.82) is 0 Å². The number of nitrogens with one attached hydrogen (secondary N) is 1. The van der Waals surface area contributed by atoms with Crippen molar-refractivity contribution >= 4 is 10.9 Å². The lowest BCUT2D eigenvalue weighted by Gasteiger charge is -2.25. The Morgan fingerprint density at radius 1 is 1.24 bits per heavy atom. The summed E-state index contributed by atoms with van der Waals surface area (Å²) in [5, 5.41) is 0.613. The van der Waals surface area contributed by atoms with Gasteiger partial charge in [0.2, 0.25) is 0 Å². The number of hydrogen-bond acceptors (Lipinski definition) is 5. The summed E-state index contributed by atoms with van der Waals surface area (Å²) in [5.41, 5.74) is 2.93. The Labute approximate surface area is 170 Å². The molecule has 0 saturated carbocycles. The lowest BCUT2D eigenvalue weighted by Crippen LogP contribution is -2.33. The van der Waals surface area contributed by atoms with Gasteiger partial charge in [0.1, 0.15) is 11.6 Å². The number of aromatic amines is 1. The zero-order valence-corrected chi connectivity index (χ0v) is 17.0. The number of H-pyrrole nitrogens is 1. The second-order valence-electron chi connectivity index (χ2n) is 7.65. The SMILES string of the molecule is COc1ccc(C)cc1CN(Cc1nc2ccccc2c(=O)[nH]1)C[C@H]1CCCO1. The number of methoxy groups -OCH3 is 1. The van der Waals surface area contributed by atoms with Crippen molar-refractivity contribution in [3.8, 4) is 5.75 Å². The first-order valence-electron chi connectivity index (χ1n) is 10.1. The lowest BCUT2D eigenvalue weighted by molar-refractivity contribution is 0.0667. The highest BCUT2D eigenvalue weighted by Gasteiger charge is 2.21. The molecule has 3 aromatic rings. The number of aromatic nitrogens is 2. The molecule has 0 aliphatic carbocycles. The number of benzene rings is 2. The minimum absolute atomic E-state index is 0.101. The van der Waals surface area contributed by atoms with Crippen LogP contribution in [-0.2, 0) is 17.8 Å². The molecule has 29 heavy (non-hydrogen) atoms. The van der Waals surface area contributed by atoms with Crippen LogP contribution in [0.15, 0.2) is 47.3 Å². The minimum Gasteiger partial charge on any atom is -0.496 e. The average Bonchev–Trinajstić information content (AvgIpc) is 3.21. The molecule has 6 heteroatoms. The van der Waals surface area contributed by atoms with Gasteiger partial charge in [0, 0.05) is 25.3 Å². The van der Waals surface area contributed by atoms with Crippen LogP contribution in [0.4, 0.5) is 0 Å². The molecule has 1 atom stereocenters. The van der Waals surface area contributed by atoms with Gasteiger partial charge in [-0.2, -0.15) is 0 Å². The predicted octanol–water partition coefficient (Wildman–Crippen LogP) is 3.42. The Balaban J connectivity index is 1.62. The summed E-state index contributed by atoms with van der Waals surface area (Å²) in [7, 11) is 1.70. The molecule has 0 radical (unpaired) electrons. The molecule has 2 heterocycles. The fourth-order valence-electron chi connectivity index (χ4n) is 3.95. The van der Waals surface area contributed by atoms with Crippen LogP contribution in [0.25, 0.3) is 10.9 Å². The molecule has 4 rings (SSSR count). The first kappa shape index (κ1) is 19.6. The van der Waals surface area contributed by atoms with E-state index in [2.05, 4.69) is 33.9 Å². The molecule has 0 unspecified atom stereocenters. The second-order valence-corrected chi connectivity index (χ2v) is 7.65. The van der Waals surface area contributed by atoms with E-state index in [9.17, 15) is 4.79 Å². The Hall–Kier alpha value is -2.70. The number of hydrogen-bond donors (Lipinski definition) is 1. The van der Waals surface area contributed by atoms with Gasteiger partial charge in [0.25, 0.3) is 5.56 Å². The fourth-order valence-corrected chi connectivity index (χ4v) is 3.95. The Bertz CT molecular complexity index is 1040. The highest BCUT2D eigenvalue weighted by atomic mass is 16.5. The summed E-state index contributed by atoms with van der Waals surface area (Å²) < 4.78 is 11.4. The molecule has 1 N–H and O–H groups in total. The summed E-state index contributed by atoms with van der Waals surface area (Å²) in [6.45, 7) is 4.92. The van der Waals surface area contributed by atoms with Crippen LogP contribution in [0.2, 0.25) is 0 Å². The van der Waals surface area contributed by atoms with E-state index in [4.69, 9.17) is 9.47 Å². The molecule has 6 nitrogen and oxygen atoms in total. The molecule has 1 saturated heterocycles. The van der Waals surface area contributed by atoms with Crippen LogP contribution in [-0.4, -0.2) is 41.2 Å². The molecule has 152 valence electrons. The van der Waals surface area contributed by atoms with E-state index in [-0.39, 0.29) is 11.7 Å². The van der Waals surface area contributed by atoms with Gasteiger partial charge in [-0.15, -0.1) is 0 Å². The van der Waals surface area contributed by atoms with Crippen molar-refractivity contribution in [1.82, 2.24) is 14.9 Å². The van der Waals surface area contributed by atoms with Crippen LogP contribution < -0.4 is 10.3 Å². The van der Waals surface area contributed by atoms with Gasteiger partial charge < -0.3 is 14.5 Å². The van der Waals surface area contributed by atoms with Gasteiger partial charge in [0.15, 0.2) is 0 Å². The molecular formula is C23H27N3O3. The molecular weight excluding hydrogens is 366 g/mol. The van der Waals surface area contributed by atoms with Crippen molar-refractivity contribution in [2.45, 2.75) is 39.0 Å². The number of aryl methyl sites for hydroxylation is 1. The summed E-state index contributed by atoms with van der Waals surface area (Å²) in [5.74, 6) is 1.53. The van der Waals surface area contributed by atoms with Crippen molar-refractivity contribution in [2.24, 2.45) is 0 Å². The van der Waals surface area contributed by atoms with E-state index in [1.54, 1.807) is 13.2 Å². The normalized spacial score (nSPS) is 16.6. The van der Waals surface area contributed by atoms with Crippen molar-refractivity contribution in [3.63, 3.8) is 0 Å². The Kier molecular flexibility index (Phi) is 5.92. The van der Waals surface area contributed by atoms with E-state index in [1.807, 2.05) is 24.3 Å². The van der Waals surface area contributed by atoms with Gasteiger partial charge in [-0.25, -0.2) is 4.98 Å². The quantitative estimate of drug-likeness (QED) is 0.666. The van der Waals surface area contributed by atoms with Gasteiger partial charge >= 0.3 is 0 Å². The third kappa shape index (κ3) is 4.66. The third-order valence-corrected chi connectivity index (χ3v) is 5.35. The number of rotatable bonds is 7. The smallest absolute Gasteiger partial charge is 0.258 e. The summed E-state index contributed by atoms with van der Waals surface area (Å²) in [4.78, 5) is 22.4. The maximum atomic E-state index is 12.5. The largest absolute Gasteiger partial charge is 0.496 e. The molecule has 1 aliphatic heterocycles. The Morgan fingerprint density at radius 2 is 2.10 bits per heavy atom. The van der Waals surface area contributed by atoms with Crippen LogP contribution in [0.1, 0.15) is 29.8 Å². The summed E-state index contributed by atoms with van der Waals surface area (Å²) in [6.07, 6.45) is 2.36. The van der Waals surface area contributed by atoms with E-state index < -0.39 is 0 Å². The van der Waals surface area contributed by atoms with Gasteiger partial charge in [0.05, 0.1) is 30.7 Å². The van der Waals surface area contributed by atoms with Crippen LogP contribution in [0, 0.1) is 6.92 Å². The molecule has 1 aromatic heterocycles. The molecule has 1 aliphatic rings. The minimum atomic E-state index is -0.101. The van der Waals surface area contributed by atoms with Crippen LogP contribution in [0.5, 0.6) is 5.75 Å². The highest BCUT2D eigenvalue weighted by Crippen LogP contribution is 2.23. The van der Waals surface area contributed by atoms with Crippen molar-refractivity contribution in [3.05, 3.63) is 69.8 Å². The van der Waals surface area contributed by atoms with Crippen molar-refractivity contribution < 1.29 is 9.47 Å². The third-order valence-electron chi connectivity index (χ3n) is 5.35. The highest BCUT2D eigenvalue weighted by molar-refractivity contribution is 5.77. The topological polar surface area (TPSA) is 67.5 Å².